The lowest BCUT2D eigenvalue weighted by Gasteiger charge is -1.96. The highest BCUT2D eigenvalue weighted by molar-refractivity contribution is 5.74. The summed E-state index contributed by atoms with van der Waals surface area (Å²) in [5.41, 5.74) is 0.611. The van der Waals surface area contributed by atoms with Crippen LogP contribution in [0.1, 0.15) is 5.69 Å². The van der Waals surface area contributed by atoms with E-state index in [0.29, 0.717) is 11.6 Å². The number of nitrogens with one attached hydrogen (secondary N) is 1. The summed E-state index contributed by atoms with van der Waals surface area (Å²) >= 11 is 0. The molecule has 1 N–H and O–H groups in total. The first-order valence-electron chi connectivity index (χ1n) is 2.88. The van der Waals surface area contributed by atoms with E-state index >= 15 is 0 Å². The third-order valence-corrected chi connectivity index (χ3v) is 1.10. The topological polar surface area (TPSA) is 46.0 Å². The van der Waals surface area contributed by atoms with Gasteiger partial charge in [-0.1, -0.05) is 6.07 Å². The van der Waals surface area contributed by atoms with E-state index in [4.69, 9.17) is 10.1 Å². The van der Waals surface area contributed by atoms with Crippen LogP contribution < -0.4 is 4.74 Å². The minimum absolute atomic E-state index is 0.543. The molecule has 52 valence electrons. The summed E-state index contributed by atoms with van der Waals surface area (Å²) < 4.78 is 4.84. The summed E-state index contributed by atoms with van der Waals surface area (Å²) in [5.74, 6) is 0.543. The van der Waals surface area contributed by atoms with Crippen molar-refractivity contribution in [1.82, 2.24) is 4.98 Å². The highest BCUT2D eigenvalue weighted by atomic mass is 16.5. The fourth-order valence-electron chi connectivity index (χ4n) is 0.625. The molecule has 10 heavy (non-hydrogen) atoms. The van der Waals surface area contributed by atoms with Crippen LogP contribution in [0.5, 0.6) is 5.88 Å². The molecule has 0 amide bonds. The molecule has 3 heteroatoms. The Balaban J connectivity index is 2.98. The lowest BCUT2D eigenvalue weighted by Crippen LogP contribution is -1.90. The van der Waals surface area contributed by atoms with E-state index < -0.39 is 0 Å². The molecule has 0 saturated carbocycles. The Kier molecular flexibility index (Phi) is 1.99. The van der Waals surface area contributed by atoms with Crippen LogP contribution in [0.15, 0.2) is 18.2 Å². The number of methoxy groups -OCH3 is 1. The van der Waals surface area contributed by atoms with Gasteiger partial charge in [-0.15, -0.1) is 0 Å². The summed E-state index contributed by atoms with van der Waals surface area (Å²) in [7, 11) is 1.55. The summed E-state index contributed by atoms with van der Waals surface area (Å²) in [5, 5.41) is 6.87. The maximum atomic E-state index is 6.87. The fourth-order valence-corrected chi connectivity index (χ4v) is 0.625. The van der Waals surface area contributed by atoms with Gasteiger partial charge in [0, 0.05) is 12.3 Å². The molecular weight excluding hydrogens is 128 g/mol. The molecule has 0 atom stereocenters. The van der Waals surface area contributed by atoms with Gasteiger partial charge in [-0.3, -0.25) is 0 Å². The first kappa shape index (κ1) is 6.74. The maximum Gasteiger partial charge on any atom is 0.213 e. The number of hydrogen-bond donors (Lipinski definition) is 1. The number of pyridine rings is 1. The fraction of sp³-hybridized carbons (Fsp3) is 0.143. The van der Waals surface area contributed by atoms with Crippen LogP contribution >= 0.6 is 0 Å². The van der Waals surface area contributed by atoms with E-state index in [-0.39, 0.29) is 0 Å². The van der Waals surface area contributed by atoms with Crippen LogP contribution in [0.4, 0.5) is 0 Å². The SMILES string of the molecule is COc1cccc(C=N)n1. The third kappa shape index (κ3) is 1.31. The first-order chi connectivity index (χ1) is 4.86. The molecule has 0 saturated heterocycles. The Morgan fingerprint density at radius 3 is 3.00 bits per heavy atom. The molecule has 0 bridgehead atoms. The molecule has 0 spiro atoms. The summed E-state index contributed by atoms with van der Waals surface area (Å²) in [6.07, 6.45) is 1.18. The quantitative estimate of drug-likeness (QED) is 0.618. The zero-order chi connectivity index (χ0) is 7.40. The van der Waals surface area contributed by atoms with Crippen molar-refractivity contribution in [3.8, 4) is 5.88 Å². The second kappa shape index (κ2) is 2.96. The van der Waals surface area contributed by atoms with Gasteiger partial charge in [-0.2, -0.15) is 0 Å². The number of nitrogens with zero attached hydrogens (tertiary/aromatic N) is 1. The standard InChI is InChI=1S/C7H8N2O/c1-10-7-4-2-3-6(5-8)9-7/h2-5,8H,1H3. The van der Waals surface area contributed by atoms with Crippen molar-refractivity contribution < 1.29 is 4.74 Å². The van der Waals surface area contributed by atoms with Gasteiger partial charge in [-0.25, -0.2) is 4.98 Å². The van der Waals surface area contributed by atoms with Gasteiger partial charge in [-0.05, 0) is 6.07 Å². The van der Waals surface area contributed by atoms with Crippen LogP contribution in [0, 0.1) is 5.41 Å². The number of ether oxygens (including phenoxy) is 1. The van der Waals surface area contributed by atoms with Gasteiger partial charge in [0.15, 0.2) is 0 Å². The smallest absolute Gasteiger partial charge is 0.213 e. The van der Waals surface area contributed by atoms with Crippen molar-refractivity contribution in [3.05, 3.63) is 23.9 Å². The van der Waals surface area contributed by atoms with Crippen molar-refractivity contribution in [1.29, 1.82) is 5.41 Å². The average Bonchev–Trinajstić information content (AvgIpc) is 2.05. The van der Waals surface area contributed by atoms with Crippen LogP contribution in [0.2, 0.25) is 0 Å². The number of hydrogen-bond acceptors (Lipinski definition) is 3. The largest absolute Gasteiger partial charge is 0.481 e. The van der Waals surface area contributed by atoms with Crippen molar-refractivity contribution in [3.63, 3.8) is 0 Å². The number of rotatable bonds is 2. The minimum Gasteiger partial charge on any atom is -0.481 e. The zero-order valence-electron chi connectivity index (χ0n) is 5.66. The molecule has 0 unspecified atom stereocenters. The number of aromatic nitrogens is 1. The molecule has 1 aromatic rings. The molecule has 0 aromatic carbocycles. The normalized spacial score (nSPS) is 8.90. The second-order valence-corrected chi connectivity index (χ2v) is 1.75. The van der Waals surface area contributed by atoms with E-state index in [1.54, 1.807) is 25.3 Å². The van der Waals surface area contributed by atoms with Gasteiger partial charge in [0.25, 0.3) is 0 Å². The molecule has 0 aliphatic heterocycles. The predicted octanol–water partition coefficient (Wildman–Crippen LogP) is 1.09. The molecular formula is C7H8N2O. The van der Waals surface area contributed by atoms with E-state index in [1.807, 2.05) is 0 Å². The van der Waals surface area contributed by atoms with Crippen LogP contribution in [-0.2, 0) is 0 Å². The molecule has 3 nitrogen and oxygen atoms in total. The van der Waals surface area contributed by atoms with E-state index in [9.17, 15) is 0 Å². The van der Waals surface area contributed by atoms with Crippen LogP contribution in [-0.4, -0.2) is 18.3 Å². The van der Waals surface area contributed by atoms with Crippen molar-refractivity contribution >= 4 is 6.21 Å². The summed E-state index contributed by atoms with van der Waals surface area (Å²) in [6.45, 7) is 0. The summed E-state index contributed by atoms with van der Waals surface area (Å²) in [6, 6.07) is 5.29. The van der Waals surface area contributed by atoms with Gasteiger partial charge in [0.1, 0.15) is 0 Å². The lowest BCUT2D eigenvalue weighted by atomic mass is 10.4. The third-order valence-electron chi connectivity index (χ3n) is 1.10. The lowest BCUT2D eigenvalue weighted by molar-refractivity contribution is 0.397. The van der Waals surface area contributed by atoms with Crippen molar-refractivity contribution in [2.75, 3.05) is 7.11 Å². The first-order valence-corrected chi connectivity index (χ1v) is 2.88. The zero-order valence-corrected chi connectivity index (χ0v) is 5.66. The van der Waals surface area contributed by atoms with Gasteiger partial charge < -0.3 is 10.1 Å². The average molecular weight is 136 g/mol. The van der Waals surface area contributed by atoms with E-state index in [2.05, 4.69) is 4.98 Å². The monoisotopic (exact) mass is 136 g/mol. The Morgan fingerprint density at radius 2 is 2.40 bits per heavy atom. The summed E-state index contributed by atoms with van der Waals surface area (Å²) in [4.78, 5) is 3.94. The highest BCUT2D eigenvalue weighted by Crippen LogP contribution is 2.03. The Labute approximate surface area is 59.2 Å². The Morgan fingerprint density at radius 1 is 1.60 bits per heavy atom. The Bertz CT molecular complexity index is 235. The van der Waals surface area contributed by atoms with Gasteiger partial charge in [0.05, 0.1) is 12.8 Å². The Hall–Kier alpha value is -1.38. The second-order valence-electron chi connectivity index (χ2n) is 1.75. The van der Waals surface area contributed by atoms with E-state index in [1.165, 1.54) is 6.21 Å². The molecule has 0 aliphatic rings. The molecule has 0 radical (unpaired) electrons. The van der Waals surface area contributed by atoms with Crippen LogP contribution in [0.3, 0.4) is 0 Å². The molecule has 0 fully saturated rings. The minimum atomic E-state index is 0.543. The molecule has 0 aliphatic carbocycles. The molecule has 1 aromatic heterocycles. The highest BCUT2D eigenvalue weighted by Gasteiger charge is 1.91. The van der Waals surface area contributed by atoms with Gasteiger partial charge in [0.2, 0.25) is 5.88 Å². The van der Waals surface area contributed by atoms with Crippen molar-refractivity contribution in [2.45, 2.75) is 0 Å². The molecule has 1 heterocycles. The van der Waals surface area contributed by atoms with Gasteiger partial charge >= 0.3 is 0 Å². The van der Waals surface area contributed by atoms with E-state index in [0.717, 1.165) is 0 Å². The predicted molar refractivity (Wildman–Crippen MR) is 38.7 cm³/mol. The van der Waals surface area contributed by atoms with Crippen molar-refractivity contribution in [2.24, 2.45) is 0 Å². The molecule has 1 rings (SSSR count). The maximum absolute atomic E-state index is 6.87. The van der Waals surface area contributed by atoms with Crippen LogP contribution in [0.25, 0.3) is 0 Å².